The summed E-state index contributed by atoms with van der Waals surface area (Å²) in [4.78, 5) is 34.6. The lowest BCUT2D eigenvalue weighted by molar-refractivity contribution is -0.133. The van der Waals surface area contributed by atoms with E-state index in [1.807, 2.05) is 48.5 Å². The molecule has 37 heavy (non-hydrogen) atoms. The van der Waals surface area contributed by atoms with E-state index in [9.17, 15) is 4.79 Å². The average Bonchev–Trinajstić information content (AvgIpc) is 2.95. The van der Waals surface area contributed by atoms with Crippen LogP contribution in [0.15, 0.2) is 54.7 Å². The molecule has 1 amide bonds. The first-order valence-corrected chi connectivity index (χ1v) is 11.8. The highest BCUT2D eigenvalue weighted by Crippen LogP contribution is 2.32. The lowest BCUT2D eigenvalue weighted by Gasteiger charge is -2.35. The maximum absolute atomic E-state index is 12.7. The number of aromatic nitrogens is 4. The number of rotatable bonds is 7. The van der Waals surface area contributed by atoms with Gasteiger partial charge in [-0.05, 0) is 30.3 Å². The minimum absolute atomic E-state index is 0.00639. The number of carbonyl (C=O) groups is 1. The van der Waals surface area contributed by atoms with Crippen LogP contribution in [0.4, 0.5) is 11.8 Å². The molecule has 0 radical (unpaired) electrons. The summed E-state index contributed by atoms with van der Waals surface area (Å²) in [5.41, 5.74) is 8.38. The molecule has 5 rings (SSSR count). The molecule has 1 aliphatic rings. The SMILES string of the molecule is COc1ccc(-c2cnc3nc(N)nc(N4CCN(C(=O)COc5ccccc5)CC4)c3n2)cc1OC. The van der Waals surface area contributed by atoms with Crippen LogP contribution in [0.2, 0.25) is 0 Å². The Morgan fingerprint density at radius 2 is 1.70 bits per heavy atom. The number of hydrogen-bond donors (Lipinski definition) is 1. The molecule has 2 aromatic carbocycles. The van der Waals surface area contributed by atoms with Crippen molar-refractivity contribution >= 4 is 28.8 Å². The number of benzene rings is 2. The zero-order chi connectivity index (χ0) is 25.8. The first-order chi connectivity index (χ1) is 18.1. The highest BCUT2D eigenvalue weighted by molar-refractivity contribution is 5.86. The van der Waals surface area contributed by atoms with Gasteiger partial charge in [-0.1, -0.05) is 18.2 Å². The fraction of sp³-hybridized carbons (Fsp3) is 0.269. The highest BCUT2D eigenvalue weighted by Gasteiger charge is 2.25. The first kappa shape index (κ1) is 24.0. The Morgan fingerprint density at radius 1 is 0.946 bits per heavy atom. The van der Waals surface area contributed by atoms with E-state index >= 15 is 0 Å². The largest absolute Gasteiger partial charge is 0.493 e. The second-order valence-electron chi connectivity index (χ2n) is 8.37. The molecule has 11 heteroatoms. The number of nitrogens with zero attached hydrogens (tertiary/aromatic N) is 6. The Labute approximate surface area is 213 Å². The van der Waals surface area contributed by atoms with Gasteiger partial charge in [0.1, 0.15) is 5.75 Å². The molecule has 11 nitrogen and oxygen atoms in total. The van der Waals surface area contributed by atoms with Crippen molar-refractivity contribution in [2.75, 3.05) is 57.6 Å². The molecule has 1 saturated heterocycles. The molecule has 0 unspecified atom stereocenters. The van der Waals surface area contributed by atoms with Crippen LogP contribution in [0.25, 0.3) is 22.4 Å². The number of amides is 1. The molecule has 2 aromatic heterocycles. The third-order valence-electron chi connectivity index (χ3n) is 6.12. The average molecular weight is 502 g/mol. The van der Waals surface area contributed by atoms with Gasteiger partial charge >= 0.3 is 0 Å². The van der Waals surface area contributed by atoms with Gasteiger partial charge in [0.2, 0.25) is 5.95 Å². The maximum Gasteiger partial charge on any atom is 0.260 e. The van der Waals surface area contributed by atoms with Gasteiger partial charge in [0.15, 0.2) is 35.1 Å². The topological polar surface area (TPSA) is 129 Å². The summed E-state index contributed by atoms with van der Waals surface area (Å²) in [6, 6.07) is 14.8. The van der Waals surface area contributed by atoms with Gasteiger partial charge in [0, 0.05) is 31.7 Å². The van der Waals surface area contributed by atoms with Crippen molar-refractivity contribution in [1.82, 2.24) is 24.8 Å². The monoisotopic (exact) mass is 501 g/mol. The number of piperazine rings is 1. The van der Waals surface area contributed by atoms with Crippen molar-refractivity contribution in [1.29, 1.82) is 0 Å². The van der Waals surface area contributed by atoms with E-state index in [2.05, 4.69) is 19.9 Å². The van der Waals surface area contributed by atoms with Gasteiger partial charge in [-0.3, -0.25) is 4.79 Å². The summed E-state index contributed by atoms with van der Waals surface area (Å²) in [6.07, 6.45) is 1.64. The molecular weight excluding hydrogens is 474 g/mol. The zero-order valence-corrected chi connectivity index (χ0v) is 20.6. The Morgan fingerprint density at radius 3 is 2.43 bits per heavy atom. The molecule has 0 spiro atoms. The molecule has 0 saturated carbocycles. The van der Waals surface area contributed by atoms with E-state index in [0.29, 0.717) is 66.1 Å². The number of anilines is 2. The predicted octanol–water partition coefficient (Wildman–Crippen LogP) is 2.41. The molecule has 3 heterocycles. The third-order valence-corrected chi connectivity index (χ3v) is 6.12. The van der Waals surface area contributed by atoms with E-state index in [1.54, 1.807) is 25.3 Å². The molecule has 4 aromatic rings. The summed E-state index contributed by atoms with van der Waals surface area (Å²) >= 11 is 0. The lowest BCUT2D eigenvalue weighted by Crippen LogP contribution is -2.50. The van der Waals surface area contributed by atoms with Gasteiger partial charge in [-0.15, -0.1) is 0 Å². The second kappa shape index (κ2) is 10.5. The summed E-state index contributed by atoms with van der Waals surface area (Å²) in [5.74, 6) is 2.52. The van der Waals surface area contributed by atoms with Crippen molar-refractivity contribution in [2.24, 2.45) is 0 Å². The van der Waals surface area contributed by atoms with Gasteiger partial charge in [0.05, 0.1) is 26.1 Å². The first-order valence-electron chi connectivity index (χ1n) is 11.8. The van der Waals surface area contributed by atoms with Crippen LogP contribution < -0.4 is 24.8 Å². The Hall–Kier alpha value is -4.67. The second-order valence-corrected chi connectivity index (χ2v) is 8.37. The van der Waals surface area contributed by atoms with Crippen molar-refractivity contribution < 1.29 is 19.0 Å². The zero-order valence-electron chi connectivity index (χ0n) is 20.6. The number of nitrogen functional groups attached to an aromatic ring is 1. The Balaban J connectivity index is 1.35. The quantitative estimate of drug-likeness (QED) is 0.403. The molecule has 2 N–H and O–H groups in total. The van der Waals surface area contributed by atoms with E-state index in [4.69, 9.17) is 24.9 Å². The highest BCUT2D eigenvalue weighted by atomic mass is 16.5. The molecule has 0 atom stereocenters. The van der Waals surface area contributed by atoms with E-state index in [1.165, 1.54) is 0 Å². The van der Waals surface area contributed by atoms with Crippen LogP contribution in [-0.4, -0.2) is 77.7 Å². The Kier molecular flexibility index (Phi) is 6.84. The lowest BCUT2D eigenvalue weighted by atomic mass is 10.1. The number of methoxy groups -OCH3 is 2. The molecule has 1 fully saturated rings. The fourth-order valence-electron chi connectivity index (χ4n) is 4.19. The van der Waals surface area contributed by atoms with Crippen LogP contribution in [0.1, 0.15) is 0 Å². The molecule has 1 aliphatic heterocycles. The van der Waals surface area contributed by atoms with Gasteiger partial charge < -0.3 is 29.7 Å². The standard InChI is InChI=1S/C26H27N7O4/c1-35-20-9-8-17(14-21(20)36-2)19-15-28-24-23(29-19)25(31-26(27)30-24)33-12-10-32(11-13-33)22(34)16-37-18-6-4-3-5-7-18/h3-9,14-15H,10-13,16H2,1-2H3,(H2,27,28,30,31). The maximum atomic E-state index is 12.7. The number of ether oxygens (including phenoxy) is 3. The van der Waals surface area contributed by atoms with Crippen LogP contribution >= 0.6 is 0 Å². The molecule has 0 bridgehead atoms. The molecular formula is C26H27N7O4. The van der Waals surface area contributed by atoms with Crippen LogP contribution in [-0.2, 0) is 4.79 Å². The number of hydrogen-bond acceptors (Lipinski definition) is 10. The fourth-order valence-corrected chi connectivity index (χ4v) is 4.19. The van der Waals surface area contributed by atoms with E-state index < -0.39 is 0 Å². The predicted molar refractivity (Wildman–Crippen MR) is 139 cm³/mol. The molecule has 0 aliphatic carbocycles. The summed E-state index contributed by atoms with van der Waals surface area (Å²) in [6.45, 7) is 2.15. The summed E-state index contributed by atoms with van der Waals surface area (Å²) in [7, 11) is 3.17. The Bertz CT molecular complexity index is 1410. The minimum Gasteiger partial charge on any atom is -0.493 e. The number of nitrogens with two attached hydrogens (primary N) is 1. The minimum atomic E-state index is -0.0638. The van der Waals surface area contributed by atoms with Crippen molar-refractivity contribution in [3.8, 4) is 28.5 Å². The van der Waals surface area contributed by atoms with Crippen LogP contribution in [0.3, 0.4) is 0 Å². The summed E-state index contributed by atoms with van der Waals surface area (Å²) in [5, 5.41) is 0. The van der Waals surface area contributed by atoms with Crippen molar-refractivity contribution in [3.05, 3.63) is 54.7 Å². The van der Waals surface area contributed by atoms with Crippen LogP contribution in [0, 0.1) is 0 Å². The third kappa shape index (κ3) is 5.15. The van der Waals surface area contributed by atoms with Gasteiger partial charge in [-0.2, -0.15) is 9.97 Å². The molecule has 190 valence electrons. The number of carbonyl (C=O) groups excluding carboxylic acids is 1. The normalized spacial score (nSPS) is 13.5. The van der Waals surface area contributed by atoms with Crippen molar-refractivity contribution in [2.45, 2.75) is 0 Å². The van der Waals surface area contributed by atoms with Crippen molar-refractivity contribution in [3.63, 3.8) is 0 Å². The smallest absolute Gasteiger partial charge is 0.260 e. The number of fused-ring (bicyclic) bond motifs is 1. The van der Waals surface area contributed by atoms with Crippen LogP contribution in [0.5, 0.6) is 17.2 Å². The summed E-state index contributed by atoms with van der Waals surface area (Å²) < 4.78 is 16.4. The van der Waals surface area contributed by atoms with E-state index in [0.717, 1.165) is 5.56 Å². The van der Waals surface area contributed by atoms with Gasteiger partial charge in [-0.25, -0.2) is 9.97 Å². The van der Waals surface area contributed by atoms with Gasteiger partial charge in [0.25, 0.3) is 5.91 Å². The number of para-hydroxylation sites is 1. The van der Waals surface area contributed by atoms with E-state index in [-0.39, 0.29) is 18.5 Å².